The maximum Gasteiger partial charge on any atom is 0.344 e. The van der Waals surface area contributed by atoms with Crippen LogP contribution in [-0.4, -0.2) is 53.0 Å². The molecule has 4 rings (SSSR count). The number of aryl methyl sites for hydroxylation is 1. The fraction of sp³-hybridized carbons (Fsp3) is 0.414. The van der Waals surface area contributed by atoms with Crippen molar-refractivity contribution in [1.82, 2.24) is 19.9 Å². The van der Waals surface area contributed by atoms with Gasteiger partial charge in [0.2, 0.25) is 0 Å². The average molecular weight is 520 g/mol. The van der Waals surface area contributed by atoms with Crippen molar-refractivity contribution in [3.63, 3.8) is 0 Å². The second kappa shape index (κ2) is 12.2. The van der Waals surface area contributed by atoms with Crippen LogP contribution in [0, 0.1) is 0 Å². The van der Waals surface area contributed by atoms with Gasteiger partial charge in [-0.25, -0.2) is 14.8 Å². The van der Waals surface area contributed by atoms with Gasteiger partial charge in [-0.15, -0.1) is 0 Å². The number of nitrogen functional groups attached to an aromatic ring is 1. The summed E-state index contributed by atoms with van der Waals surface area (Å²) in [7, 11) is 1.69. The van der Waals surface area contributed by atoms with E-state index in [2.05, 4.69) is 20.9 Å². The molecule has 0 unspecified atom stereocenters. The quantitative estimate of drug-likeness (QED) is 0.211. The number of nitrogens with two attached hydrogens (primary N) is 1. The van der Waals surface area contributed by atoms with E-state index in [1.165, 1.54) is 0 Å². The Morgan fingerprint density at radius 1 is 1.11 bits per heavy atom. The third-order valence-corrected chi connectivity index (χ3v) is 5.96. The van der Waals surface area contributed by atoms with Crippen LogP contribution in [-0.2, 0) is 33.8 Å². The summed E-state index contributed by atoms with van der Waals surface area (Å²) in [5.41, 5.74) is 9.46. The smallest absolute Gasteiger partial charge is 0.344 e. The molecule has 202 valence electrons. The number of hydrogen-bond donors (Lipinski definition) is 2. The van der Waals surface area contributed by atoms with E-state index < -0.39 is 5.60 Å². The number of nitrogens with zero attached hydrogens (tertiary/aromatic N) is 3. The molecule has 0 saturated carbocycles. The standard InChI is InChI=1S/C29H37N5O4/c1-29(2,3)38-25(35)19-37-21-10-7-9-20(17-21)18-31-14-8-15-34-24(13-16-36-4)33-26-27(34)22-11-5-6-12-23(22)32-28(26)30/h5-7,9-12,17,31H,8,13-16,18-19H2,1-4H3,(H2,30,32). The van der Waals surface area contributed by atoms with Gasteiger partial charge in [0.25, 0.3) is 0 Å². The van der Waals surface area contributed by atoms with Crippen molar-refractivity contribution in [2.24, 2.45) is 0 Å². The number of pyridine rings is 1. The molecule has 0 aliphatic heterocycles. The molecule has 0 aliphatic rings. The molecule has 0 aliphatic carbocycles. The van der Waals surface area contributed by atoms with Gasteiger partial charge in [-0.2, -0.15) is 0 Å². The van der Waals surface area contributed by atoms with Gasteiger partial charge < -0.3 is 29.8 Å². The Morgan fingerprint density at radius 3 is 2.71 bits per heavy atom. The van der Waals surface area contributed by atoms with Gasteiger partial charge in [-0.3, -0.25) is 0 Å². The maximum atomic E-state index is 11.9. The summed E-state index contributed by atoms with van der Waals surface area (Å²) in [4.78, 5) is 21.3. The van der Waals surface area contributed by atoms with Crippen LogP contribution < -0.4 is 15.8 Å². The molecule has 2 aromatic carbocycles. The minimum atomic E-state index is -0.531. The highest BCUT2D eigenvalue weighted by molar-refractivity contribution is 6.06. The second-order valence-electron chi connectivity index (χ2n) is 10.2. The molecule has 38 heavy (non-hydrogen) atoms. The number of aromatic nitrogens is 3. The van der Waals surface area contributed by atoms with Crippen molar-refractivity contribution in [1.29, 1.82) is 0 Å². The van der Waals surface area contributed by atoms with Crippen molar-refractivity contribution < 1.29 is 19.0 Å². The van der Waals surface area contributed by atoms with Crippen LogP contribution >= 0.6 is 0 Å². The van der Waals surface area contributed by atoms with E-state index in [9.17, 15) is 4.79 Å². The number of esters is 1. The second-order valence-corrected chi connectivity index (χ2v) is 10.2. The van der Waals surface area contributed by atoms with Gasteiger partial charge in [0.15, 0.2) is 12.4 Å². The zero-order chi connectivity index (χ0) is 27.1. The minimum absolute atomic E-state index is 0.118. The van der Waals surface area contributed by atoms with E-state index in [4.69, 9.17) is 24.9 Å². The van der Waals surface area contributed by atoms with Crippen LogP contribution in [0.5, 0.6) is 5.75 Å². The molecule has 0 fully saturated rings. The number of methoxy groups -OCH3 is 1. The first-order valence-corrected chi connectivity index (χ1v) is 12.9. The van der Waals surface area contributed by atoms with Crippen LogP contribution in [0.15, 0.2) is 48.5 Å². The van der Waals surface area contributed by atoms with E-state index in [-0.39, 0.29) is 12.6 Å². The number of fused-ring (bicyclic) bond motifs is 3. The Labute approximate surface area is 223 Å². The monoisotopic (exact) mass is 519 g/mol. The number of rotatable bonds is 12. The summed E-state index contributed by atoms with van der Waals surface area (Å²) in [5, 5.41) is 4.55. The van der Waals surface area contributed by atoms with Crippen molar-refractivity contribution in [2.75, 3.05) is 32.6 Å². The minimum Gasteiger partial charge on any atom is -0.482 e. The first-order chi connectivity index (χ1) is 18.2. The van der Waals surface area contributed by atoms with Gasteiger partial charge in [0.05, 0.1) is 17.6 Å². The molecular formula is C29H37N5O4. The lowest BCUT2D eigenvalue weighted by atomic mass is 10.2. The van der Waals surface area contributed by atoms with Crippen LogP contribution in [0.4, 0.5) is 5.82 Å². The Hall–Kier alpha value is -3.69. The van der Waals surface area contributed by atoms with Gasteiger partial charge in [-0.05, 0) is 57.5 Å². The number of imidazole rings is 1. The number of carbonyl (C=O) groups excluding carboxylic acids is 1. The molecule has 0 radical (unpaired) electrons. The fourth-order valence-electron chi connectivity index (χ4n) is 4.38. The van der Waals surface area contributed by atoms with Gasteiger partial charge in [-0.1, -0.05) is 30.3 Å². The predicted molar refractivity (Wildman–Crippen MR) is 149 cm³/mol. The number of benzene rings is 2. The van der Waals surface area contributed by atoms with Crippen LogP contribution in [0.2, 0.25) is 0 Å². The normalized spacial score (nSPS) is 11.8. The molecule has 9 heteroatoms. The fourth-order valence-corrected chi connectivity index (χ4v) is 4.38. The molecule has 2 heterocycles. The zero-order valence-corrected chi connectivity index (χ0v) is 22.6. The lowest BCUT2D eigenvalue weighted by Crippen LogP contribution is -2.27. The average Bonchev–Trinajstić information content (AvgIpc) is 3.24. The highest BCUT2D eigenvalue weighted by atomic mass is 16.6. The molecule has 0 saturated heterocycles. The number of ether oxygens (including phenoxy) is 3. The molecule has 0 bridgehead atoms. The van der Waals surface area contributed by atoms with Crippen molar-refractivity contribution in [3.05, 3.63) is 59.9 Å². The molecular weight excluding hydrogens is 482 g/mol. The summed E-state index contributed by atoms with van der Waals surface area (Å²) in [6.45, 7) is 8.25. The number of nitrogens with one attached hydrogen (secondary N) is 1. The Balaban J connectivity index is 1.37. The zero-order valence-electron chi connectivity index (χ0n) is 22.6. The first-order valence-electron chi connectivity index (χ1n) is 12.9. The summed E-state index contributed by atoms with van der Waals surface area (Å²) in [5.74, 6) is 1.65. The highest BCUT2D eigenvalue weighted by Gasteiger charge is 2.18. The van der Waals surface area contributed by atoms with Gasteiger partial charge >= 0.3 is 5.97 Å². The van der Waals surface area contributed by atoms with E-state index in [1.807, 2.05) is 63.2 Å². The number of hydrogen-bond acceptors (Lipinski definition) is 8. The Bertz CT molecular complexity index is 1390. The van der Waals surface area contributed by atoms with Crippen LogP contribution in [0.1, 0.15) is 38.6 Å². The summed E-state index contributed by atoms with van der Waals surface area (Å²) in [6, 6.07) is 15.7. The predicted octanol–water partition coefficient (Wildman–Crippen LogP) is 4.26. The highest BCUT2D eigenvalue weighted by Crippen LogP contribution is 2.29. The third kappa shape index (κ3) is 6.99. The Morgan fingerprint density at radius 2 is 1.92 bits per heavy atom. The molecule has 0 amide bonds. The molecule has 9 nitrogen and oxygen atoms in total. The van der Waals surface area contributed by atoms with Gasteiger partial charge in [0.1, 0.15) is 22.7 Å². The summed E-state index contributed by atoms with van der Waals surface area (Å²) >= 11 is 0. The number of para-hydroxylation sites is 1. The molecule has 0 atom stereocenters. The lowest BCUT2D eigenvalue weighted by molar-refractivity contribution is -0.157. The maximum absolute atomic E-state index is 11.9. The van der Waals surface area contributed by atoms with E-state index in [0.717, 1.165) is 52.8 Å². The number of carbonyl (C=O) groups is 1. The van der Waals surface area contributed by atoms with Crippen LogP contribution in [0.3, 0.4) is 0 Å². The van der Waals surface area contributed by atoms with E-state index in [1.54, 1.807) is 7.11 Å². The van der Waals surface area contributed by atoms with Gasteiger partial charge in [0, 0.05) is 32.0 Å². The van der Waals surface area contributed by atoms with Crippen molar-refractivity contribution in [3.8, 4) is 5.75 Å². The van der Waals surface area contributed by atoms with Crippen molar-refractivity contribution in [2.45, 2.75) is 52.3 Å². The van der Waals surface area contributed by atoms with Crippen molar-refractivity contribution >= 4 is 33.7 Å². The molecule has 3 N–H and O–H groups in total. The molecule has 0 spiro atoms. The number of anilines is 1. The molecule has 4 aromatic rings. The van der Waals surface area contributed by atoms with E-state index >= 15 is 0 Å². The first kappa shape index (κ1) is 27.3. The largest absolute Gasteiger partial charge is 0.482 e. The SMILES string of the molecule is COCCc1nc2c(N)nc3ccccc3c2n1CCCNCc1cccc(OCC(=O)OC(C)(C)C)c1. The summed E-state index contributed by atoms with van der Waals surface area (Å²) < 4.78 is 18.5. The topological polar surface area (TPSA) is 114 Å². The summed E-state index contributed by atoms with van der Waals surface area (Å²) in [6.07, 6.45) is 1.60. The third-order valence-electron chi connectivity index (χ3n) is 5.96. The van der Waals surface area contributed by atoms with Crippen LogP contribution in [0.25, 0.3) is 21.9 Å². The molecule has 2 aromatic heterocycles. The van der Waals surface area contributed by atoms with E-state index in [0.29, 0.717) is 31.1 Å². The Kier molecular flexibility index (Phi) is 8.81. The lowest BCUT2D eigenvalue weighted by Gasteiger charge is -2.19.